The van der Waals surface area contributed by atoms with Crippen LogP contribution in [0.1, 0.15) is 58.1 Å². The van der Waals surface area contributed by atoms with E-state index in [0.717, 1.165) is 24.5 Å². The fraction of sp³-hybridized carbons (Fsp3) is 0.688. The Bertz CT molecular complexity index is 495. The summed E-state index contributed by atoms with van der Waals surface area (Å²) in [6, 6.07) is 2.03. The summed E-state index contributed by atoms with van der Waals surface area (Å²) in [6.07, 6.45) is 5.82. The fourth-order valence-electron chi connectivity index (χ4n) is 2.21. The Balaban J connectivity index is 1.63. The minimum Gasteiger partial charge on any atom is -0.444 e. The first-order chi connectivity index (χ1) is 10.4. The molecule has 1 aromatic heterocycles. The topological polar surface area (TPSA) is 76.1 Å². The maximum Gasteiger partial charge on any atom is 0.407 e. The Hall–Kier alpha value is -1.85. The van der Waals surface area contributed by atoms with Crippen LogP contribution < -0.4 is 10.6 Å². The van der Waals surface area contributed by atoms with Gasteiger partial charge >= 0.3 is 6.09 Å². The molecule has 0 spiro atoms. The summed E-state index contributed by atoms with van der Waals surface area (Å²) in [5.74, 6) is 1.46. The molecule has 22 heavy (non-hydrogen) atoms. The van der Waals surface area contributed by atoms with Crippen molar-refractivity contribution in [1.29, 1.82) is 0 Å². The van der Waals surface area contributed by atoms with Crippen molar-refractivity contribution in [2.24, 2.45) is 0 Å². The van der Waals surface area contributed by atoms with E-state index < -0.39 is 5.60 Å². The minimum absolute atomic E-state index is 0.373. The number of hydrogen-bond acceptors (Lipinski definition) is 5. The van der Waals surface area contributed by atoms with Crippen molar-refractivity contribution in [1.82, 2.24) is 15.3 Å². The fourth-order valence-corrected chi connectivity index (χ4v) is 2.21. The molecule has 0 radical (unpaired) electrons. The predicted molar refractivity (Wildman–Crippen MR) is 86.0 cm³/mol. The summed E-state index contributed by atoms with van der Waals surface area (Å²) in [4.78, 5) is 20.0. The number of carbonyl (C=O) groups is 1. The number of nitrogens with one attached hydrogen (secondary N) is 2. The zero-order valence-electron chi connectivity index (χ0n) is 13.7. The van der Waals surface area contributed by atoms with Crippen LogP contribution in [0.3, 0.4) is 0 Å². The second-order valence-electron chi connectivity index (χ2n) is 6.66. The zero-order chi connectivity index (χ0) is 16.0. The first-order valence-corrected chi connectivity index (χ1v) is 7.97. The van der Waals surface area contributed by atoms with E-state index in [1.165, 1.54) is 19.3 Å². The van der Waals surface area contributed by atoms with E-state index in [4.69, 9.17) is 4.74 Å². The van der Waals surface area contributed by atoms with E-state index in [0.29, 0.717) is 12.5 Å². The van der Waals surface area contributed by atoms with Gasteiger partial charge in [-0.05, 0) is 40.0 Å². The molecule has 1 heterocycles. The number of hydrogen-bond donors (Lipinski definition) is 2. The molecule has 1 aliphatic carbocycles. The monoisotopic (exact) mass is 306 g/mol. The third kappa shape index (κ3) is 5.50. The molecule has 1 saturated carbocycles. The molecule has 122 valence electrons. The molecule has 6 heteroatoms. The van der Waals surface area contributed by atoms with Crippen LogP contribution in [0.15, 0.2) is 12.4 Å². The second kappa shape index (κ2) is 7.42. The molecule has 0 saturated heterocycles. The van der Waals surface area contributed by atoms with Gasteiger partial charge in [0.1, 0.15) is 17.7 Å². The summed E-state index contributed by atoms with van der Waals surface area (Å²) in [7, 11) is 0. The first kappa shape index (κ1) is 16.5. The van der Waals surface area contributed by atoms with Gasteiger partial charge in [-0.15, -0.1) is 0 Å². The molecule has 0 unspecified atom stereocenters. The highest BCUT2D eigenvalue weighted by Crippen LogP contribution is 2.35. The number of ether oxygens (including phenoxy) is 1. The van der Waals surface area contributed by atoms with E-state index in [1.807, 2.05) is 26.8 Å². The van der Waals surface area contributed by atoms with Gasteiger partial charge in [-0.2, -0.15) is 0 Å². The van der Waals surface area contributed by atoms with Gasteiger partial charge < -0.3 is 15.4 Å². The molecule has 1 aromatic rings. The highest BCUT2D eigenvalue weighted by molar-refractivity contribution is 5.67. The van der Waals surface area contributed by atoms with Gasteiger partial charge in [0.05, 0.1) is 0 Å². The number of nitrogens with zero attached hydrogens (tertiary/aromatic N) is 2. The van der Waals surface area contributed by atoms with E-state index >= 15 is 0 Å². The lowest BCUT2D eigenvalue weighted by Gasteiger charge is -2.24. The standard InChI is InChI=1S/C16H26N4O2/c1-16(2,3)22-15(21)18-9-5-8-17-14-10-13(19-11-20-14)12-6-4-7-12/h10-12H,4-9H2,1-3H3,(H,18,21)(H,17,19,20). The number of aromatic nitrogens is 2. The Kier molecular flexibility index (Phi) is 5.57. The maximum atomic E-state index is 11.5. The highest BCUT2D eigenvalue weighted by Gasteiger charge is 2.21. The lowest BCUT2D eigenvalue weighted by atomic mass is 9.83. The van der Waals surface area contributed by atoms with Crippen molar-refractivity contribution in [3.8, 4) is 0 Å². The normalized spacial score (nSPS) is 15.0. The SMILES string of the molecule is CC(C)(C)OC(=O)NCCCNc1cc(C2CCC2)ncn1. The lowest BCUT2D eigenvalue weighted by Crippen LogP contribution is -2.33. The van der Waals surface area contributed by atoms with Crippen LogP contribution in [0.25, 0.3) is 0 Å². The molecule has 2 N–H and O–H groups in total. The van der Waals surface area contributed by atoms with Crippen LogP contribution in [0.2, 0.25) is 0 Å². The van der Waals surface area contributed by atoms with Gasteiger partial charge in [0, 0.05) is 30.8 Å². The number of alkyl carbamates (subject to hydrolysis) is 1. The second-order valence-corrected chi connectivity index (χ2v) is 6.66. The molecule has 0 aromatic carbocycles. The summed E-state index contributed by atoms with van der Waals surface area (Å²) in [6.45, 7) is 6.87. The lowest BCUT2D eigenvalue weighted by molar-refractivity contribution is 0.0528. The zero-order valence-corrected chi connectivity index (χ0v) is 13.7. The number of amides is 1. The average Bonchev–Trinajstić information content (AvgIpc) is 2.34. The molecule has 1 amide bonds. The number of rotatable bonds is 6. The van der Waals surface area contributed by atoms with E-state index in [1.54, 1.807) is 6.33 Å². The highest BCUT2D eigenvalue weighted by atomic mass is 16.6. The van der Waals surface area contributed by atoms with Crippen LogP contribution in [0, 0.1) is 0 Å². The van der Waals surface area contributed by atoms with Crippen molar-refractivity contribution in [3.63, 3.8) is 0 Å². The van der Waals surface area contributed by atoms with Gasteiger partial charge in [0.15, 0.2) is 0 Å². The predicted octanol–water partition coefficient (Wildman–Crippen LogP) is 3.07. The van der Waals surface area contributed by atoms with Crippen molar-refractivity contribution in [2.45, 2.75) is 58.0 Å². The Morgan fingerprint density at radius 1 is 1.32 bits per heavy atom. The van der Waals surface area contributed by atoms with Crippen LogP contribution in [0.5, 0.6) is 0 Å². The third-order valence-electron chi connectivity index (χ3n) is 3.54. The molecular weight excluding hydrogens is 280 g/mol. The van der Waals surface area contributed by atoms with E-state index in [2.05, 4.69) is 20.6 Å². The van der Waals surface area contributed by atoms with Crippen molar-refractivity contribution in [3.05, 3.63) is 18.1 Å². The van der Waals surface area contributed by atoms with Crippen LogP contribution in [-0.2, 0) is 4.74 Å². The van der Waals surface area contributed by atoms with Crippen molar-refractivity contribution < 1.29 is 9.53 Å². The van der Waals surface area contributed by atoms with Gasteiger partial charge in [-0.1, -0.05) is 6.42 Å². The number of carbonyl (C=O) groups excluding carboxylic acids is 1. The maximum absolute atomic E-state index is 11.5. The molecule has 0 atom stereocenters. The van der Waals surface area contributed by atoms with Crippen molar-refractivity contribution >= 4 is 11.9 Å². The molecular formula is C16H26N4O2. The summed E-state index contributed by atoms with van der Waals surface area (Å²) in [5, 5.41) is 6.01. The average molecular weight is 306 g/mol. The van der Waals surface area contributed by atoms with E-state index in [-0.39, 0.29) is 6.09 Å². The van der Waals surface area contributed by atoms with Crippen LogP contribution >= 0.6 is 0 Å². The van der Waals surface area contributed by atoms with Gasteiger partial charge in [0.25, 0.3) is 0 Å². The van der Waals surface area contributed by atoms with E-state index in [9.17, 15) is 4.79 Å². The molecule has 0 bridgehead atoms. The summed E-state index contributed by atoms with van der Waals surface area (Å²) in [5.41, 5.74) is 0.678. The summed E-state index contributed by atoms with van der Waals surface area (Å²) >= 11 is 0. The first-order valence-electron chi connectivity index (χ1n) is 7.97. The third-order valence-corrected chi connectivity index (χ3v) is 3.54. The minimum atomic E-state index is -0.457. The van der Waals surface area contributed by atoms with Gasteiger partial charge in [0.2, 0.25) is 0 Å². The van der Waals surface area contributed by atoms with Gasteiger partial charge in [-0.25, -0.2) is 14.8 Å². The molecule has 1 fully saturated rings. The van der Waals surface area contributed by atoms with Crippen molar-refractivity contribution in [2.75, 3.05) is 18.4 Å². The Morgan fingerprint density at radius 2 is 2.09 bits per heavy atom. The molecule has 2 rings (SSSR count). The summed E-state index contributed by atoms with van der Waals surface area (Å²) < 4.78 is 5.17. The Labute approximate surface area is 132 Å². The van der Waals surface area contributed by atoms with Crippen LogP contribution in [0.4, 0.5) is 10.6 Å². The quantitative estimate of drug-likeness (QED) is 0.790. The molecule has 6 nitrogen and oxygen atoms in total. The molecule has 0 aliphatic heterocycles. The number of anilines is 1. The smallest absolute Gasteiger partial charge is 0.407 e. The van der Waals surface area contributed by atoms with Gasteiger partial charge in [-0.3, -0.25) is 0 Å². The molecule has 1 aliphatic rings. The Morgan fingerprint density at radius 3 is 2.73 bits per heavy atom. The largest absolute Gasteiger partial charge is 0.444 e. The van der Waals surface area contributed by atoms with Crippen LogP contribution in [-0.4, -0.2) is 34.8 Å².